The summed E-state index contributed by atoms with van der Waals surface area (Å²) in [5.74, 6) is 0.229. The second-order valence-electron chi connectivity index (χ2n) is 4.92. The van der Waals surface area contributed by atoms with Gasteiger partial charge in [-0.25, -0.2) is 0 Å². The van der Waals surface area contributed by atoms with Crippen molar-refractivity contribution in [2.24, 2.45) is 0 Å². The fourth-order valence-corrected chi connectivity index (χ4v) is 3.17. The number of nitrogens with zero attached hydrogens (tertiary/aromatic N) is 1. The maximum absolute atomic E-state index is 12.6. The van der Waals surface area contributed by atoms with Crippen LogP contribution in [0.25, 0.3) is 0 Å². The Morgan fingerprint density at radius 3 is 2.59 bits per heavy atom. The molecule has 0 saturated carbocycles. The lowest BCUT2D eigenvalue weighted by atomic mass is 9.93. The number of Topliss-reactive ketones (excluding diaryl/α,β-unsaturated/α-hetero) is 1. The first-order valence-corrected chi connectivity index (χ1v) is 6.83. The fraction of sp³-hybridized carbons (Fsp3) is 0.615. The van der Waals surface area contributed by atoms with E-state index in [1.165, 1.54) is 0 Å². The van der Waals surface area contributed by atoms with Gasteiger partial charge in [0.25, 0.3) is 0 Å². The summed E-state index contributed by atoms with van der Waals surface area (Å²) in [7, 11) is 0. The molecular weight excluding hydrogens is 234 g/mol. The topological polar surface area (TPSA) is 29.5 Å². The van der Waals surface area contributed by atoms with Gasteiger partial charge in [0.05, 0.1) is 23.6 Å². The summed E-state index contributed by atoms with van der Waals surface area (Å²) in [5, 5.41) is 1.98. The van der Waals surface area contributed by atoms with E-state index >= 15 is 0 Å². The van der Waals surface area contributed by atoms with Crippen LogP contribution < -0.4 is 0 Å². The van der Waals surface area contributed by atoms with Crippen LogP contribution in [0.1, 0.15) is 29.1 Å². The molecule has 1 aliphatic heterocycles. The van der Waals surface area contributed by atoms with Gasteiger partial charge in [0.1, 0.15) is 0 Å². The molecule has 1 aliphatic rings. The zero-order valence-corrected chi connectivity index (χ0v) is 11.5. The second-order valence-corrected chi connectivity index (χ2v) is 5.84. The first-order chi connectivity index (χ1) is 8.03. The highest BCUT2D eigenvalue weighted by molar-refractivity contribution is 7.12. The summed E-state index contributed by atoms with van der Waals surface area (Å²) in [4.78, 5) is 15.7. The third kappa shape index (κ3) is 2.44. The van der Waals surface area contributed by atoms with Gasteiger partial charge in [-0.2, -0.15) is 0 Å². The molecule has 1 fully saturated rings. The highest BCUT2D eigenvalue weighted by atomic mass is 32.1. The first-order valence-electron chi connectivity index (χ1n) is 5.95. The molecule has 1 saturated heterocycles. The molecule has 0 spiro atoms. The Bertz CT molecular complexity index is 405. The smallest absolute Gasteiger partial charge is 0.192 e. The van der Waals surface area contributed by atoms with E-state index in [-0.39, 0.29) is 5.78 Å². The number of hydrogen-bond donors (Lipinski definition) is 0. The minimum Gasteiger partial charge on any atom is -0.379 e. The number of ketones is 1. The predicted octanol–water partition coefficient (Wildman–Crippen LogP) is 2.35. The van der Waals surface area contributed by atoms with Gasteiger partial charge in [-0.15, -0.1) is 11.3 Å². The predicted molar refractivity (Wildman–Crippen MR) is 69.9 cm³/mol. The van der Waals surface area contributed by atoms with Crippen LogP contribution >= 0.6 is 11.3 Å². The number of thiophene rings is 1. The van der Waals surface area contributed by atoms with Crippen molar-refractivity contribution in [3.8, 4) is 0 Å². The van der Waals surface area contributed by atoms with Gasteiger partial charge >= 0.3 is 0 Å². The SMILES string of the molecule is Cc1ccsc1C(=O)C(C)(C)N1CCOCC1. The Hall–Kier alpha value is -0.710. The Morgan fingerprint density at radius 2 is 2.06 bits per heavy atom. The van der Waals surface area contributed by atoms with Crippen molar-refractivity contribution in [1.82, 2.24) is 4.90 Å². The number of hydrogen-bond acceptors (Lipinski definition) is 4. The minimum absolute atomic E-state index is 0.229. The molecule has 1 aromatic rings. The van der Waals surface area contributed by atoms with Crippen LogP contribution in [0.3, 0.4) is 0 Å². The zero-order chi connectivity index (χ0) is 12.5. The lowest BCUT2D eigenvalue weighted by Gasteiger charge is -2.39. The fourth-order valence-electron chi connectivity index (χ4n) is 2.15. The number of carbonyl (C=O) groups is 1. The molecule has 0 amide bonds. The largest absolute Gasteiger partial charge is 0.379 e. The van der Waals surface area contributed by atoms with Gasteiger partial charge < -0.3 is 4.74 Å². The highest BCUT2D eigenvalue weighted by Crippen LogP contribution is 2.26. The van der Waals surface area contributed by atoms with Crippen molar-refractivity contribution in [1.29, 1.82) is 0 Å². The molecule has 2 heterocycles. The monoisotopic (exact) mass is 253 g/mol. The van der Waals surface area contributed by atoms with Crippen LogP contribution in [0.2, 0.25) is 0 Å². The van der Waals surface area contributed by atoms with E-state index in [1.54, 1.807) is 11.3 Å². The van der Waals surface area contributed by atoms with Gasteiger partial charge in [0.2, 0.25) is 0 Å². The Kier molecular flexibility index (Phi) is 3.66. The number of aryl methyl sites for hydroxylation is 1. The molecule has 0 bridgehead atoms. The highest BCUT2D eigenvalue weighted by Gasteiger charge is 2.36. The summed E-state index contributed by atoms with van der Waals surface area (Å²) in [6, 6.07) is 2.01. The molecule has 0 unspecified atom stereocenters. The summed E-state index contributed by atoms with van der Waals surface area (Å²) < 4.78 is 5.34. The molecular formula is C13H19NO2S. The molecule has 2 rings (SSSR count). The lowest BCUT2D eigenvalue weighted by molar-refractivity contribution is -0.00416. The molecule has 17 heavy (non-hydrogen) atoms. The van der Waals surface area contributed by atoms with Gasteiger partial charge in [-0.1, -0.05) is 0 Å². The molecule has 3 nitrogen and oxygen atoms in total. The van der Waals surface area contributed by atoms with E-state index in [2.05, 4.69) is 4.90 Å². The van der Waals surface area contributed by atoms with E-state index in [0.717, 1.165) is 36.7 Å². The van der Waals surface area contributed by atoms with Gasteiger partial charge in [-0.05, 0) is 37.8 Å². The van der Waals surface area contributed by atoms with E-state index in [4.69, 9.17) is 4.74 Å². The Balaban J connectivity index is 2.19. The molecule has 4 heteroatoms. The molecule has 0 aromatic carbocycles. The first kappa shape index (κ1) is 12.7. The summed E-state index contributed by atoms with van der Waals surface area (Å²) >= 11 is 1.54. The van der Waals surface area contributed by atoms with Crippen LogP contribution in [0.5, 0.6) is 0 Å². The molecule has 0 N–H and O–H groups in total. The van der Waals surface area contributed by atoms with Crippen molar-refractivity contribution < 1.29 is 9.53 Å². The number of morpholine rings is 1. The third-order valence-electron chi connectivity index (χ3n) is 3.43. The zero-order valence-electron chi connectivity index (χ0n) is 10.7. The molecule has 1 aromatic heterocycles. The van der Waals surface area contributed by atoms with Crippen molar-refractivity contribution in [2.45, 2.75) is 26.3 Å². The summed E-state index contributed by atoms with van der Waals surface area (Å²) in [6.07, 6.45) is 0. The van der Waals surface area contributed by atoms with Crippen molar-refractivity contribution >= 4 is 17.1 Å². The molecule has 94 valence electrons. The van der Waals surface area contributed by atoms with Crippen LogP contribution in [0.4, 0.5) is 0 Å². The van der Waals surface area contributed by atoms with Crippen LogP contribution in [0.15, 0.2) is 11.4 Å². The minimum atomic E-state index is -0.431. The number of rotatable bonds is 3. The number of ether oxygens (including phenoxy) is 1. The van der Waals surface area contributed by atoms with Crippen molar-refractivity contribution in [2.75, 3.05) is 26.3 Å². The summed E-state index contributed by atoms with van der Waals surface area (Å²) in [5.41, 5.74) is 0.653. The third-order valence-corrected chi connectivity index (χ3v) is 4.44. The van der Waals surface area contributed by atoms with Crippen LogP contribution in [-0.4, -0.2) is 42.5 Å². The van der Waals surface area contributed by atoms with Gasteiger partial charge in [0, 0.05) is 13.1 Å². The van der Waals surface area contributed by atoms with E-state index < -0.39 is 5.54 Å². The molecule has 0 radical (unpaired) electrons. The van der Waals surface area contributed by atoms with Crippen molar-refractivity contribution in [3.63, 3.8) is 0 Å². The average molecular weight is 253 g/mol. The van der Waals surface area contributed by atoms with E-state index in [9.17, 15) is 4.79 Å². The maximum Gasteiger partial charge on any atom is 0.192 e. The standard InChI is InChI=1S/C13H19NO2S/c1-10-4-9-17-11(10)12(15)13(2,3)14-5-7-16-8-6-14/h4,9H,5-8H2,1-3H3. The second kappa shape index (κ2) is 4.88. The Morgan fingerprint density at radius 1 is 1.41 bits per heavy atom. The van der Waals surface area contributed by atoms with Gasteiger partial charge in [0.15, 0.2) is 5.78 Å². The normalized spacial score (nSPS) is 18.3. The number of carbonyl (C=O) groups excluding carboxylic acids is 1. The van der Waals surface area contributed by atoms with Crippen molar-refractivity contribution in [3.05, 3.63) is 21.9 Å². The van der Waals surface area contributed by atoms with Crippen LogP contribution in [0, 0.1) is 6.92 Å². The molecule has 0 aliphatic carbocycles. The van der Waals surface area contributed by atoms with E-state index in [1.807, 2.05) is 32.2 Å². The van der Waals surface area contributed by atoms with Crippen LogP contribution in [-0.2, 0) is 4.74 Å². The lowest BCUT2D eigenvalue weighted by Crippen LogP contribution is -2.54. The maximum atomic E-state index is 12.6. The Labute approximate surface area is 106 Å². The van der Waals surface area contributed by atoms with E-state index in [0.29, 0.717) is 0 Å². The summed E-state index contributed by atoms with van der Waals surface area (Å²) in [6.45, 7) is 9.14. The average Bonchev–Trinajstić information content (AvgIpc) is 2.75. The van der Waals surface area contributed by atoms with Gasteiger partial charge in [-0.3, -0.25) is 9.69 Å². The molecule has 0 atom stereocenters. The quantitative estimate of drug-likeness (QED) is 0.774.